The van der Waals surface area contributed by atoms with Gasteiger partial charge in [-0.3, -0.25) is 9.48 Å². The van der Waals surface area contributed by atoms with E-state index in [1.54, 1.807) is 18.8 Å². The number of hydrogen-bond acceptors (Lipinski definition) is 5. The summed E-state index contributed by atoms with van der Waals surface area (Å²) in [6.45, 7) is 1.43. The lowest BCUT2D eigenvalue weighted by atomic mass is 9.97. The van der Waals surface area contributed by atoms with Crippen LogP contribution in [0.1, 0.15) is 42.5 Å². The van der Waals surface area contributed by atoms with Crippen molar-refractivity contribution in [3.8, 4) is 0 Å². The quantitative estimate of drug-likeness (QED) is 0.739. The van der Waals surface area contributed by atoms with Crippen LogP contribution in [-0.2, 0) is 17.1 Å². The van der Waals surface area contributed by atoms with Crippen molar-refractivity contribution in [1.82, 2.24) is 19.4 Å². The van der Waals surface area contributed by atoms with Crippen LogP contribution in [0.4, 0.5) is 0 Å². The first-order chi connectivity index (χ1) is 12.5. The summed E-state index contributed by atoms with van der Waals surface area (Å²) < 4.78 is 28.6. The fourth-order valence-electron chi connectivity index (χ4n) is 3.29. The fraction of sp³-hybridized carbons (Fsp3) is 0.647. The Morgan fingerprint density at radius 1 is 1.31 bits per heavy atom. The highest BCUT2D eigenvalue weighted by Crippen LogP contribution is 2.22. The van der Waals surface area contributed by atoms with Gasteiger partial charge in [-0.1, -0.05) is 11.6 Å². The molecule has 1 aromatic heterocycles. The molecule has 1 aliphatic carbocycles. The van der Waals surface area contributed by atoms with Crippen LogP contribution in [0, 0.1) is 0 Å². The molecular formula is C17H26N4O3S2. The topological polar surface area (TPSA) is 84.3 Å². The number of aryl methyl sites for hydroxylation is 1. The Kier molecular flexibility index (Phi) is 6.42. The summed E-state index contributed by atoms with van der Waals surface area (Å²) in [5.74, 6) is 1.16. The third-order valence-electron chi connectivity index (χ3n) is 4.71. The lowest BCUT2D eigenvalue weighted by molar-refractivity contribution is 0.0950. The van der Waals surface area contributed by atoms with Gasteiger partial charge in [-0.25, -0.2) is 8.42 Å². The van der Waals surface area contributed by atoms with E-state index in [1.807, 2.05) is 0 Å². The molecule has 1 aromatic rings. The van der Waals surface area contributed by atoms with Gasteiger partial charge in [0.2, 0.25) is 5.03 Å². The number of nitrogens with zero attached hydrogens (tertiary/aromatic N) is 3. The van der Waals surface area contributed by atoms with E-state index >= 15 is 0 Å². The number of allylic oxidation sites excluding steroid dienone is 1. The average molecular weight is 399 g/mol. The third kappa shape index (κ3) is 4.50. The van der Waals surface area contributed by atoms with E-state index in [0.29, 0.717) is 19.6 Å². The van der Waals surface area contributed by atoms with E-state index < -0.39 is 10.0 Å². The van der Waals surface area contributed by atoms with E-state index in [-0.39, 0.29) is 16.5 Å². The number of carbonyl (C=O) groups is 1. The van der Waals surface area contributed by atoms with Crippen molar-refractivity contribution >= 4 is 27.7 Å². The van der Waals surface area contributed by atoms with Gasteiger partial charge in [0, 0.05) is 44.4 Å². The molecule has 9 heteroatoms. The average Bonchev–Trinajstić information content (AvgIpc) is 3.06. The molecule has 0 bridgehead atoms. The molecule has 2 heterocycles. The molecule has 1 saturated heterocycles. The predicted octanol–water partition coefficient (Wildman–Crippen LogP) is 1.78. The number of aromatic nitrogens is 2. The van der Waals surface area contributed by atoms with Crippen LogP contribution in [0.5, 0.6) is 0 Å². The molecule has 3 rings (SSSR count). The number of sulfonamides is 1. The molecule has 1 fully saturated rings. The zero-order valence-electron chi connectivity index (χ0n) is 15.1. The maximum Gasteiger partial charge on any atom is 0.263 e. The summed E-state index contributed by atoms with van der Waals surface area (Å²) in [4.78, 5) is 12.6. The van der Waals surface area contributed by atoms with Crippen LogP contribution >= 0.6 is 11.8 Å². The Hall–Kier alpha value is -1.32. The Morgan fingerprint density at radius 2 is 2.08 bits per heavy atom. The van der Waals surface area contributed by atoms with Crippen LogP contribution in [0.3, 0.4) is 0 Å². The molecule has 1 amide bonds. The second-order valence-electron chi connectivity index (χ2n) is 6.65. The lowest BCUT2D eigenvalue weighted by Gasteiger charge is -2.24. The first kappa shape index (κ1) is 19.4. The van der Waals surface area contributed by atoms with Crippen molar-refractivity contribution in [1.29, 1.82) is 0 Å². The van der Waals surface area contributed by atoms with Gasteiger partial charge in [0.1, 0.15) is 0 Å². The minimum absolute atomic E-state index is 0.128. The van der Waals surface area contributed by atoms with Gasteiger partial charge >= 0.3 is 0 Å². The van der Waals surface area contributed by atoms with E-state index in [9.17, 15) is 13.2 Å². The highest BCUT2D eigenvalue weighted by atomic mass is 32.2. The van der Waals surface area contributed by atoms with Crippen molar-refractivity contribution in [3.63, 3.8) is 0 Å². The summed E-state index contributed by atoms with van der Waals surface area (Å²) in [7, 11) is -2.11. The van der Waals surface area contributed by atoms with Gasteiger partial charge < -0.3 is 5.32 Å². The van der Waals surface area contributed by atoms with Gasteiger partial charge in [0.15, 0.2) is 0 Å². The number of amides is 1. The molecule has 0 radical (unpaired) electrons. The minimum atomic E-state index is -3.75. The van der Waals surface area contributed by atoms with Gasteiger partial charge in [-0.05, 0) is 32.1 Å². The largest absolute Gasteiger partial charge is 0.352 e. The summed E-state index contributed by atoms with van der Waals surface area (Å²) in [6.07, 6.45) is 9.21. The third-order valence-corrected chi connectivity index (χ3v) is 7.49. The Bertz CT molecular complexity index is 780. The maximum atomic E-state index is 12.9. The van der Waals surface area contributed by atoms with Crippen molar-refractivity contribution in [2.75, 3.05) is 31.1 Å². The molecule has 144 valence electrons. The molecule has 1 aliphatic heterocycles. The van der Waals surface area contributed by atoms with E-state index in [2.05, 4.69) is 16.5 Å². The number of rotatable bonds is 6. The number of carbonyl (C=O) groups excluding carboxylic acids is 1. The van der Waals surface area contributed by atoms with Gasteiger partial charge in [0.05, 0.1) is 5.56 Å². The van der Waals surface area contributed by atoms with Crippen molar-refractivity contribution < 1.29 is 13.2 Å². The predicted molar refractivity (Wildman–Crippen MR) is 103 cm³/mol. The summed E-state index contributed by atoms with van der Waals surface area (Å²) in [5, 5.41) is 6.80. The molecular weight excluding hydrogens is 372 g/mol. The zero-order valence-corrected chi connectivity index (χ0v) is 16.7. The van der Waals surface area contributed by atoms with Crippen LogP contribution in [-0.4, -0.2) is 59.6 Å². The van der Waals surface area contributed by atoms with Crippen LogP contribution < -0.4 is 5.32 Å². The van der Waals surface area contributed by atoms with Gasteiger partial charge in [-0.15, -0.1) is 0 Å². The Balaban J connectivity index is 1.69. The lowest BCUT2D eigenvalue weighted by Crippen LogP contribution is -2.39. The molecule has 1 N–H and O–H groups in total. The molecule has 0 atom stereocenters. The van der Waals surface area contributed by atoms with Crippen molar-refractivity contribution in [2.45, 2.75) is 37.1 Å². The van der Waals surface area contributed by atoms with Crippen molar-refractivity contribution in [3.05, 3.63) is 23.4 Å². The van der Waals surface area contributed by atoms with Crippen molar-refractivity contribution in [2.24, 2.45) is 7.05 Å². The minimum Gasteiger partial charge on any atom is -0.352 e. The van der Waals surface area contributed by atoms with E-state index in [1.165, 1.54) is 33.6 Å². The first-order valence-corrected chi connectivity index (χ1v) is 11.7. The number of thioether (sulfide) groups is 1. The van der Waals surface area contributed by atoms with Crippen LogP contribution in [0.2, 0.25) is 0 Å². The first-order valence-electron chi connectivity index (χ1n) is 9.06. The smallest absolute Gasteiger partial charge is 0.263 e. The molecule has 0 spiro atoms. The highest BCUT2D eigenvalue weighted by molar-refractivity contribution is 7.99. The second kappa shape index (κ2) is 8.58. The molecule has 2 aliphatic rings. The fourth-order valence-corrected chi connectivity index (χ4v) is 5.98. The molecule has 0 unspecified atom stereocenters. The van der Waals surface area contributed by atoms with Crippen LogP contribution in [0.15, 0.2) is 22.9 Å². The second-order valence-corrected chi connectivity index (χ2v) is 9.73. The monoisotopic (exact) mass is 398 g/mol. The van der Waals surface area contributed by atoms with Crippen LogP contribution in [0.25, 0.3) is 0 Å². The normalized spacial score (nSPS) is 19.2. The zero-order chi connectivity index (χ0) is 18.6. The number of hydrogen-bond donors (Lipinski definition) is 1. The Labute approximate surface area is 159 Å². The summed E-state index contributed by atoms with van der Waals surface area (Å²) >= 11 is 1.73. The molecule has 26 heavy (non-hydrogen) atoms. The number of nitrogens with one attached hydrogen (secondary N) is 1. The standard InChI is InChI=1S/C17H26N4O3S2/c1-20-13-15(16(22)18-8-7-14-5-3-2-4-6-14)17(19-20)26(23,24)21-9-11-25-12-10-21/h5,13H,2-4,6-12H2,1H3,(H,18,22). The van der Waals surface area contributed by atoms with Gasteiger partial charge in [-0.2, -0.15) is 21.2 Å². The van der Waals surface area contributed by atoms with E-state index in [0.717, 1.165) is 30.8 Å². The molecule has 0 aromatic carbocycles. The SMILES string of the molecule is Cn1cc(C(=O)NCCC2=CCCCC2)c(S(=O)(=O)N2CCSCC2)n1. The summed E-state index contributed by atoms with van der Waals surface area (Å²) in [5.41, 5.74) is 1.50. The van der Waals surface area contributed by atoms with Gasteiger partial charge in [0.25, 0.3) is 15.9 Å². The highest BCUT2D eigenvalue weighted by Gasteiger charge is 2.33. The summed E-state index contributed by atoms with van der Waals surface area (Å²) in [6, 6.07) is 0. The van der Waals surface area contributed by atoms with E-state index in [4.69, 9.17) is 0 Å². The molecule has 0 saturated carbocycles. The Morgan fingerprint density at radius 3 is 2.77 bits per heavy atom. The maximum absolute atomic E-state index is 12.9. The molecule has 7 nitrogen and oxygen atoms in total.